The lowest BCUT2D eigenvalue weighted by Crippen LogP contribution is -2.58. The minimum absolute atomic E-state index is 0.0273. The van der Waals surface area contributed by atoms with Gasteiger partial charge in [-0.25, -0.2) is 4.79 Å². The van der Waals surface area contributed by atoms with E-state index in [0.29, 0.717) is 5.56 Å². The second-order valence-corrected chi connectivity index (χ2v) is 5.76. The molecule has 1 saturated heterocycles. The smallest absolute Gasteiger partial charge is 0.354 e. The summed E-state index contributed by atoms with van der Waals surface area (Å²) in [6.45, 7) is 1.72. The van der Waals surface area contributed by atoms with Gasteiger partial charge >= 0.3 is 11.9 Å². The molecule has 7 heteroatoms. The lowest BCUT2D eigenvalue weighted by molar-refractivity contribution is -0.175. The van der Waals surface area contributed by atoms with Crippen molar-refractivity contribution in [3.05, 3.63) is 23.3 Å². The van der Waals surface area contributed by atoms with Crippen molar-refractivity contribution >= 4 is 17.7 Å². The van der Waals surface area contributed by atoms with Crippen molar-refractivity contribution in [1.82, 2.24) is 0 Å². The second-order valence-electron chi connectivity index (χ2n) is 5.76. The van der Waals surface area contributed by atoms with Gasteiger partial charge in [-0.15, -0.1) is 0 Å². The number of aryl methyl sites for hydroxylation is 1. The molecule has 7 nitrogen and oxygen atoms in total. The van der Waals surface area contributed by atoms with Crippen molar-refractivity contribution in [2.45, 2.75) is 37.9 Å². The average Bonchev–Trinajstić information content (AvgIpc) is 2.92. The number of benzene rings is 1. The predicted octanol–water partition coefficient (Wildman–Crippen LogP) is 1.28. The monoisotopic (exact) mass is 320 g/mol. The number of cyclic esters (lactones) is 1. The van der Waals surface area contributed by atoms with Gasteiger partial charge in [-0.3, -0.25) is 9.59 Å². The van der Waals surface area contributed by atoms with Crippen molar-refractivity contribution in [1.29, 1.82) is 0 Å². The summed E-state index contributed by atoms with van der Waals surface area (Å²) in [7, 11) is 1.18. The van der Waals surface area contributed by atoms with Gasteiger partial charge in [-0.2, -0.15) is 0 Å². The largest absolute Gasteiger partial charge is 0.507 e. The van der Waals surface area contributed by atoms with Crippen LogP contribution in [0.3, 0.4) is 0 Å². The third-order valence-electron chi connectivity index (χ3n) is 4.16. The average molecular weight is 320 g/mol. The zero-order valence-corrected chi connectivity index (χ0v) is 12.8. The van der Waals surface area contributed by atoms with E-state index in [1.807, 2.05) is 0 Å². The van der Waals surface area contributed by atoms with Gasteiger partial charge < -0.3 is 19.3 Å². The maximum atomic E-state index is 12.5. The Morgan fingerprint density at radius 3 is 2.74 bits per heavy atom. The summed E-state index contributed by atoms with van der Waals surface area (Å²) in [5, 5.41) is 9.98. The van der Waals surface area contributed by atoms with Gasteiger partial charge in [0.25, 0.3) is 0 Å². The topological polar surface area (TPSA) is 99.1 Å². The Hall–Kier alpha value is -2.57. The van der Waals surface area contributed by atoms with Crippen LogP contribution in [0.25, 0.3) is 0 Å². The number of ether oxygens (including phenoxy) is 3. The highest BCUT2D eigenvalue weighted by Gasteiger charge is 2.57. The number of phenols is 1. The Kier molecular flexibility index (Phi) is 3.50. The van der Waals surface area contributed by atoms with E-state index >= 15 is 0 Å². The molecule has 0 bridgehead atoms. The van der Waals surface area contributed by atoms with Gasteiger partial charge in [-0.05, 0) is 31.0 Å². The van der Waals surface area contributed by atoms with Crippen LogP contribution >= 0.6 is 0 Å². The first-order chi connectivity index (χ1) is 10.9. The third-order valence-corrected chi connectivity index (χ3v) is 4.16. The summed E-state index contributed by atoms with van der Waals surface area (Å²) in [4.78, 5) is 36.3. The number of rotatable bonds is 2. The highest BCUT2D eigenvalue weighted by Crippen LogP contribution is 2.43. The molecule has 0 amide bonds. The molecule has 0 aromatic heterocycles. The zero-order valence-electron chi connectivity index (χ0n) is 12.8. The molecule has 2 heterocycles. The van der Waals surface area contributed by atoms with Crippen LogP contribution in [0.5, 0.6) is 11.5 Å². The number of hydrogen-bond acceptors (Lipinski definition) is 7. The first kappa shape index (κ1) is 15.3. The number of carbonyl (C=O) groups is 3. The SMILES string of the molecule is COC(=O)C1([C@H]2CCC(=O)O2)CC(=O)c2c(O)cc(C)cc2O1. The number of esters is 2. The molecule has 2 aliphatic rings. The van der Waals surface area contributed by atoms with Crippen LogP contribution in [0, 0.1) is 6.92 Å². The molecule has 1 aromatic carbocycles. The number of carbonyl (C=O) groups excluding carboxylic acids is 3. The van der Waals surface area contributed by atoms with Gasteiger partial charge in [0, 0.05) is 6.42 Å². The quantitative estimate of drug-likeness (QED) is 0.819. The number of ketones is 1. The van der Waals surface area contributed by atoms with Gasteiger partial charge in [0.1, 0.15) is 17.1 Å². The molecular weight excluding hydrogens is 304 g/mol. The minimum atomic E-state index is -1.72. The van der Waals surface area contributed by atoms with Crippen LogP contribution in [0.15, 0.2) is 12.1 Å². The lowest BCUT2D eigenvalue weighted by Gasteiger charge is -2.38. The zero-order chi connectivity index (χ0) is 16.8. The van der Waals surface area contributed by atoms with Crippen LogP contribution in [0.4, 0.5) is 0 Å². The van der Waals surface area contributed by atoms with E-state index in [1.54, 1.807) is 13.0 Å². The standard InChI is InChI=1S/C16H16O7/c1-8-5-9(17)14-10(18)7-16(15(20)21-2,23-11(14)6-8)12-3-4-13(19)22-12/h5-6,12,17H,3-4,7H2,1-2H3/t12-,16?/m1/s1. The van der Waals surface area contributed by atoms with Crippen molar-refractivity contribution in [3.8, 4) is 11.5 Å². The summed E-state index contributed by atoms with van der Waals surface area (Å²) in [6, 6.07) is 3.00. The summed E-state index contributed by atoms with van der Waals surface area (Å²) in [5.74, 6) is -1.81. The Labute approximate surface area is 132 Å². The molecule has 23 heavy (non-hydrogen) atoms. The summed E-state index contributed by atoms with van der Waals surface area (Å²) < 4.78 is 15.8. The molecule has 1 fully saturated rings. The summed E-state index contributed by atoms with van der Waals surface area (Å²) in [6.07, 6.45) is -0.857. The maximum Gasteiger partial charge on any atom is 0.354 e. The van der Waals surface area contributed by atoms with Crippen molar-refractivity contribution in [2.24, 2.45) is 0 Å². The van der Waals surface area contributed by atoms with E-state index in [9.17, 15) is 19.5 Å². The fourth-order valence-corrected chi connectivity index (χ4v) is 3.11. The van der Waals surface area contributed by atoms with E-state index in [2.05, 4.69) is 0 Å². The van der Waals surface area contributed by atoms with E-state index < -0.39 is 29.4 Å². The van der Waals surface area contributed by atoms with Crippen molar-refractivity contribution in [2.75, 3.05) is 7.11 Å². The molecule has 1 N–H and O–H groups in total. The first-order valence-electron chi connectivity index (χ1n) is 7.21. The van der Waals surface area contributed by atoms with E-state index in [4.69, 9.17) is 14.2 Å². The summed E-state index contributed by atoms with van der Waals surface area (Å²) in [5.41, 5.74) is -1.02. The molecule has 2 aliphatic heterocycles. The molecule has 2 atom stereocenters. The molecule has 1 aromatic rings. The normalized spacial score (nSPS) is 26.3. The van der Waals surface area contributed by atoms with Crippen molar-refractivity contribution < 1.29 is 33.7 Å². The molecule has 0 spiro atoms. The second kappa shape index (κ2) is 5.26. The molecular formula is C16H16O7. The van der Waals surface area contributed by atoms with Crippen LogP contribution in [0.2, 0.25) is 0 Å². The Morgan fingerprint density at radius 1 is 1.39 bits per heavy atom. The molecule has 0 saturated carbocycles. The predicted molar refractivity (Wildman–Crippen MR) is 76.3 cm³/mol. The Bertz CT molecular complexity index is 709. The number of Topliss-reactive ketones (excluding diaryl/α,β-unsaturated/α-hetero) is 1. The van der Waals surface area contributed by atoms with Gasteiger partial charge in [0.2, 0.25) is 5.60 Å². The molecule has 1 unspecified atom stereocenters. The van der Waals surface area contributed by atoms with Crippen LogP contribution < -0.4 is 4.74 Å². The molecule has 122 valence electrons. The van der Waals surface area contributed by atoms with Gasteiger partial charge in [0.05, 0.1) is 13.5 Å². The van der Waals surface area contributed by atoms with Gasteiger partial charge in [0.15, 0.2) is 11.9 Å². The number of phenolic OH excluding ortho intramolecular Hbond substituents is 1. The number of hydrogen-bond donors (Lipinski definition) is 1. The van der Waals surface area contributed by atoms with Gasteiger partial charge in [-0.1, -0.05) is 0 Å². The Balaban J connectivity index is 2.10. The lowest BCUT2D eigenvalue weighted by atomic mass is 9.83. The highest BCUT2D eigenvalue weighted by atomic mass is 16.6. The highest BCUT2D eigenvalue weighted by molar-refractivity contribution is 6.06. The molecule has 0 radical (unpaired) electrons. The molecule has 3 rings (SSSR count). The van der Waals surface area contributed by atoms with E-state index in [0.717, 1.165) is 0 Å². The van der Waals surface area contributed by atoms with Crippen LogP contribution in [0.1, 0.15) is 35.2 Å². The fraction of sp³-hybridized carbons (Fsp3) is 0.438. The minimum Gasteiger partial charge on any atom is -0.507 e. The fourth-order valence-electron chi connectivity index (χ4n) is 3.11. The third kappa shape index (κ3) is 2.32. The number of methoxy groups -OCH3 is 1. The molecule has 0 aliphatic carbocycles. The first-order valence-corrected chi connectivity index (χ1v) is 7.21. The van der Waals surface area contributed by atoms with Crippen molar-refractivity contribution in [3.63, 3.8) is 0 Å². The Morgan fingerprint density at radius 2 is 2.13 bits per heavy atom. The maximum absolute atomic E-state index is 12.5. The van der Waals surface area contributed by atoms with Crippen LogP contribution in [-0.2, 0) is 19.1 Å². The van der Waals surface area contributed by atoms with E-state index in [-0.39, 0.29) is 36.3 Å². The number of aromatic hydroxyl groups is 1. The summed E-state index contributed by atoms with van der Waals surface area (Å²) >= 11 is 0. The number of fused-ring (bicyclic) bond motifs is 1. The van der Waals surface area contributed by atoms with E-state index in [1.165, 1.54) is 13.2 Å². The van der Waals surface area contributed by atoms with Crippen LogP contribution in [-0.4, -0.2) is 41.6 Å².